The van der Waals surface area contributed by atoms with Crippen LogP contribution in [0.4, 0.5) is 5.13 Å². The molecule has 0 bridgehead atoms. The van der Waals surface area contributed by atoms with Gasteiger partial charge in [0.15, 0.2) is 0 Å². The van der Waals surface area contributed by atoms with Gasteiger partial charge in [-0.15, -0.1) is 10.2 Å². The van der Waals surface area contributed by atoms with Gasteiger partial charge in [-0.3, -0.25) is 10.1 Å². The lowest BCUT2D eigenvalue weighted by Gasteiger charge is -2.07. The second kappa shape index (κ2) is 5.54. The number of fused-ring (bicyclic) bond motifs is 3. The Hall–Kier alpha value is -2.61. The van der Waals surface area contributed by atoms with Crippen molar-refractivity contribution in [1.82, 2.24) is 25.1 Å². The molecule has 0 aliphatic heterocycles. The van der Waals surface area contributed by atoms with Gasteiger partial charge in [-0.1, -0.05) is 11.3 Å². The molecule has 3 aromatic heterocycles. The molecule has 0 spiro atoms. The number of amides is 1. The van der Waals surface area contributed by atoms with Gasteiger partial charge >= 0.3 is 0 Å². The van der Waals surface area contributed by atoms with Gasteiger partial charge in [-0.2, -0.15) is 0 Å². The second-order valence-electron chi connectivity index (χ2n) is 5.39. The van der Waals surface area contributed by atoms with Crippen LogP contribution in [0, 0.1) is 6.92 Å². The lowest BCUT2D eigenvalue weighted by molar-refractivity contribution is 0.102. The third-order valence-electron chi connectivity index (χ3n) is 3.85. The Morgan fingerprint density at radius 2 is 2.26 bits per heavy atom. The molecular formula is C15H14N6OS. The summed E-state index contributed by atoms with van der Waals surface area (Å²) < 4.78 is 0. The molecule has 0 fully saturated rings. The zero-order valence-electron chi connectivity index (χ0n) is 12.5. The topological polar surface area (TPSA) is 96.5 Å². The molecule has 0 saturated carbocycles. The fourth-order valence-corrected chi connectivity index (χ4v) is 3.43. The number of carbonyl (C=O) groups is 1. The Balaban J connectivity index is 1.75. The van der Waals surface area contributed by atoms with Crippen LogP contribution in [0.3, 0.4) is 0 Å². The van der Waals surface area contributed by atoms with E-state index in [1.165, 1.54) is 17.7 Å². The maximum atomic E-state index is 12.6. The van der Waals surface area contributed by atoms with Crippen LogP contribution in [0.5, 0.6) is 0 Å². The number of hydrogen-bond donors (Lipinski definition) is 2. The minimum atomic E-state index is -0.204. The summed E-state index contributed by atoms with van der Waals surface area (Å²) in [6.07, 6.45) is 7.90. The van der Waals surface area contributed by atoms with E-state index in [0.29, 0.717) is 10.7 Å². The van der Waals surface area contributed by atoms with Crippen molar-refractivity contribution in [3.05, 3.63) is 40.5 Å². The first-order valence-corrected chi connectivity index (χ1v) is 8.15. The van der Waals surface area contributed by atoms with E-state index in [0.717, 1.165) is 46.8 Å². The highest BCUT2D eigenvalue weighted by Gasteiger charge is 2.24. The normalized spacial score (nSPS) is 13.1. The smallest absolute Gasteiger partial charge is 0.259 e. The molecule has 1 aliphatic rings. The molecule has 0 aromatic carbocycles. The van der Waals surface area contributed by atoms with Crippen molar-refractivity contribution < 1.29 is 4.79 Å². The first-order chi connectivity index (χ1) is 11.2. The van der Waals surface area contributed by atoms with Crippen LogP contribution in [0.2, 0.25) is 0 Å². The zero-order valence-corrected chi connectivity index (χ0v) is 13.3. The average Bonchev–Trinajstić information content (AvgIpc) is 3.10. The summed E-state index contributed by atoms with van der Waals surface area (Å²) in [5.74, 6) is -0.204. The van der Waals surface area contributed by atoms with Crippen LogP contribution < -0.4 is 5.32 Å². The number of aryl methyl sites for hydroxylation is 3. The number of aromatic nitrogens is 5. The molecule has 2 N–H and O–H groups in total. The van der Waals surface area contributed by atoms with E-state index in [-0.39, 0.29) is 5.91 Å². The summed E-state index contributed by atoms with van der Waals surface area (Å²) in [4.78, 5) is 24.4. The predicted molar refractivity (Wildman–Crippen MR) is 86.4 cm³/mol. The zero-order chi connectivity index (χ0) is 15.8. The summed E-state index contributed by atoms with van der Waals surface area (Å²) in [5.41, 5.74) is 4.41. The van der Waals surface area contributed by atoms with Gasteiger partial charge in [-0.05, 0) is 31.7 Å². The number of H-pyrrole nitrogens is 1. The standard InChI is InChI=1S/C15H14N6OS/c1-8-20-21-15(23-8)19-14(22)10-6-17-11-4-2-3-9-5-16-7-18-13(9)12(10)11/h5-7,17H,2-4H2,1H3,(H,19,21,22). The summed E-state index contributed by atoms with van der Waals surface area (Å²) in [6.45, 7) is 1.85. The van der Waals surface area contributed by atoms with Crippen LogP contribution in [0.1, 0.15) is 33.0 Å². The average molecular weight is 326 g/mol. The van der Waals surface area contributed by atoms with Crippen molar-refractivity contribution in [2.24, 2.45) is 0 Å². The number of carbonyl (C=O) groups excluding carboxylic acids is 1. The number of nitrogens with one attached hydrogen (secondary N) is 2. The molecule has 3 heterocycles. The molecule has 7 nitrogen and oxygen atoms in total. The van der Waals surface area contributed by atoms with Gasteiger partial charge < -0.3 is 4.98 Å². The fourth-order valence-electron chi connectivity index (χ4n) is 2.85. The molecule has 23 heavy (non-hydrogen) atoms. The van der Waals surface area contributed by atoms with E-state index in [4.69, 9.17) is 0 Å². The van der Waals surface area contributed by atoms with Crippen LogP contribution >= 0.6 is 11.3 Å². The highest BCUT2D eigenvalue weighted by Crippen LogP contribution is 2.33. The Bertz CT molecular complexity index is 884. The highest BCUT2D eigenvalue weighted by atomic mass is 32.1. The molecular weight excluding hydrogens is 312 g/mol. The fraction of sp³-hybridized carbons (Fsp3) is 0.267. The first-order valence-electron chi connectivity index (χ1n) is 7.33. The maximum absolute atomic E-state index is 12.6. The van der Waals surface area contributed by atoms with Gasteiger partial charge in [-0.25, -0.2) is 9.97 Å². The molecule has 1 amide bonds. The predicted octanol–water partition coefficient (Wildman–Crippen LogP) is 2.37. The quantitative estimate of drug-likeness (QED) is 0.753. The van der Waals surface area contributed by atoms with Crippen LogP contribution in [-0.4, -0.2) is 31.1 Å². The minimum absolute atomic E-state index is 0.204. The van der Waals surface area contributed by atoms with Gasteiger partial charge in [0.05, 0.1) is 11.3 Å². The van der Waals surface area contributed by atoms with Gasteiger partial charge in [0.25, 0.3) is 5.91 Å². The van der Waals surface area contributed by atoms with Crippen molar-refractivity contribution in [3.63, 3.8) is 0 Å². The SMILES string of the molecule is Cc1nnc(NC(=O)c2c[nH]c3c2-c2ncncc2CCC3)s1. The number of rotatable bonds is 2. The highest BCUT2D eigenvalue weighted by molar-refractivity contribution is 7.15. The molecule has 3 aromatic rings. The number of aromatic amines is 1. The Morgan fingerprint density at radius 1 is 1.35 bits per heavy atom. The molecule has 0 unspecified atom stereocenters. The molecule has 0 radical (unpaired) electrons. The van der Waals surface area contributed by atoms with Gasteiger partial charge in [0.1, 0.15) is 11.3 Å². The molecule has 0 saturated heterocycles. The van der Waals surface area contributed by atoms with Crippen LogP contribution in [0.15, 0.2) is 18.7 Å². The molecule has 8 heteroatoms. The molecule has 4 rings (SSSR count). The van der Waals surface area contributed by atoms with E-state index >= 15 is 0 Å². The van der Waals surface area contributed by atoms with Crippen molar-refractivity contribution in [1.29, 1.82) is 0 Å². The largest absolute Gasteiger partial charge is 0.364 e. The summed E-state index contributed by atoms with van der Waals surface area (Å²) >= 11 is 1.35. The van der Waals surface area contributed by atoms with Crippen LogP contribution in [0.25, 0.3) is 11.3 Å². The number of nitrogens with zero attached hydrogens (tertiary/aromatic N) is 4. The summed E-state index contributed by atoms with van der Waals surface area (Å²) in [7, 11) is 0. The van der Waals surface area contributed by atoms with E-state index in [2.05, 4.69) is 30.5 Å². The molecule has 116 valence electrons. The monoisotopic (exact) mass is 326 g/mol. The van der Waals surface area contributed by atoms with E-state index in [1.807, 2.05) is 13.1 Å². The summed E-state index contributed by atoms with van der Waals surface area (Å²) in [5, 5.41) is 12.0. The number of hydrogen-bond acceptors (Lipinski definition) is 6. The van der Waals surface area contributed by atoms with Crippen molar-refractivity contribution >= 4 is 22.4 Å². The van der Waals surface area contributed by atoms with Gasteiger partial charge in [0, 0.05) is 23.7 Å². The maximum Gasteiger partial charge on any atom is 0.259 e. The van der Waals surface area contributed by atoms with E-state index < -0.39 is 0 Å². The van der Waals surface area contributed by atoms with Gasteiger partial charge in [0.2, 0.25) is 5.13 Å². The van der Waals surface area contributed by atoms with E-state index in [9.17, 15) is 4.79 Å². The third kappa shape index (κ3) is 2.50. The lowest BCUT2D eigenvalue weighted by Crippen LogP contribution is -2.12. The van der Waals surface area contributed by atoms with Crippen molar-refractivity contribution in [2.75, 3.05) is 5.32 Å². The Labute approximate surface area is 136 Å². The van der Waals surface area contributed by atoms with E-state index in [1.54, 1.807) is 6.20 Å². The molecule has 1 aliphatic carbocycles. The number of anilines is 1. The van der Waals surface area contributed by atoms with Crippen LogP contribution in [-0.2, 0) is 12.8 Å². The summed E-state index contributed by atoms with van der Waals surface area (Å²) in [6, 6.07) is 0. The van der Waals surface area contributed by atoms with Crippen molar-refractivity contribution in [3.8, 4) is 11.3 Å². The van der Waals surface area contributed by atoms with Crippen molar-refractivity contribution in [2.45, 2.75) is 26.2 Å². The third-order valence-corrected chi connectivity index (χ3v) is 4.60. The first kappa shape index (κ1) is 14.0. The Kier molecular flexibility index (Phi) is 3.38. The minimum Gasteiger partial charge on any atom is -0.364 e. The second-order valence-corrected chi connectivity index (χ2v) is 6.57. The molecule has 0 atom stereocenters. The lowest BCUT2D eigenvalue weighted by atomic mass is 10.0. The Morgan fingerprint density at radius 3 is 3.09 bits per heavy atom.